The largest absolute Gasteiger partial charge is 0.489 e. The highest BCUT2D eigenvalue weighted by molar-refractivity contribution is 5.98. The average molecular weight is 391 g/mol. The van der Waals surface area contributed by atoms with E-state index in [1.54, 1.807) is 24.3 Å². The zero-order valence-corrected chi connectivity index (χ0v) is 15.8. The molecule has 2 aliphatic rings. The molecular weight excluding hydrogens is 370 g/mol. The van der Waals surface area contributed by atoms with Crippen LogP contribution in [-0.4, -0.2) is 37.5 Å². The summed E-state index contributed by atoms with van der Waals surface area (Å²) < 4.78 is 22.4. The van der Waals surface area contributed by atoms with Gasteiger partial charge in [0.15, 0.2) is 6.10 Å². The number of hydrogen-bond acceptors (Lipinski definition) is 6. The van der Waals surface area contributed by atoms with E-state index in [-0.39, 0.29) is 17.8 Å². The van der Waals surface area contributed by atoms with Crippen molar-refractivity contribution in [2.24, 2.45) is 0 Å². The lowest BCUT2D eigenvalue weighted by Crippen LogP contribution is -2.32. The van der Waals surface area contributed by atoms with E-state index in [1.165, 1.54) is 6.08 Å². The van der Waals surface area contributed by atoms with E-state index in [0.29, 0.717) is 31.1 Å². The molecule has 0 bridgehead atoms. The first-order valence-electron chi connectivity index (χ1n) is 9.56. The second-order valence-corrected chi connectivity index (χ2v) is 6.95. The van der Waals surface area contributed by atoms with Crippen molar-refractivity contribution in [1.82, 2.24) is 0 Å². The van der Waals surface area contributed by atoms with Crippen molar-refractivity contribution < 1.29 is 23.7 Å². The molecule has 0 aromatic heterocycles. The van der Waals surface area contributed by atoms with Crippen LogP contribution in [0, 0.1) is 11.3 Å². The molecule has 0 amide bonds. The van der Waals surface area contributed by atoms with Gasteiger partial charge in [0, 0.05) is 6.61 Å². The number of carbonyl (C=O) groups excluding carboxylic acids is 1. The van der Waals surface area contributed by atoms with Gasteiger partial charge in [-0.05, 0) is 35.8 Å². The quantitative estimate of drug-likeness (QED) is 0.427. The summed E-state index contributed by atoms with van der Waals surface area (Å²) in [4.78, 5) is 12.4. The molecule has 2 aliphatic heterocycles. The van der Waals surface area contributed by atoms with Crippen LogP contribution in [0.2, 0.25) is 0 Å². The zero-order valence-electron chi connectivity index (χ0n) is 15.8. The van der Waals surface area contributed by atoms with Gasteiger partial charge in [-0.2, -0.15) is 5.26 Å². The van der Waals surface area contributed by atoms with Crippen molar-refractivity contribution in [2.45, 2.75) is 31.3 Å². The number of fused-ring (bicyclic) bond motifs is 1. The fourth-order valence-corrected chi connectivity index (χ4v) is 3.44. The highest BCUT2D eigenvalue weighted by Crippen LogP contribution is 2.29. The summed E-state index contributed by atoms with van der Waals surface area (Å²) in [6.45, 7) is 1.37. The Balaban J connectivity index is 1.36. The Bertz CT molecular complexity index is 917. The van der Waals surface area contributed by atoms with Gasteiger partial charge in [0.05, 0.1) is 12.7 Å². The summed E-state index contributed by atoms with van der Waals surface area (Å²) in [5.41, 5.74) is 1.72. The molecular formula is C23H21NO5. The standard InChI is InChI=1S/C23H21NO5/c24-13-18(23(25)29-21-15-28-20-10-11-26-22(20)21)12-16-6-8-19(9-7-16)27-14-17-4-2-1-3-5-17/h1-9,12,20-22H,10-11,14-15H2/b18-12+/t20?,21-,22+/m1/s1. The number of carbonyl (C=O) groups is 1. The minimum Gasteiger partial charge on any atom is -0.489 e. The maximum absolute atomic E-state index is 12.4. The molecule has 0 aliphatic carbocycles. The van der Waals surface area contributed by atoms with Crippen LogP contribution in [0.1, 0.15) is 17.5 Å². The van der Waals surface area contributed by atoms with Crippen LogP contribution in [0.5, 0.6) is 5.75 Å². The van der Waals surface area contributed by atoms with E-state index in [2.05, 4.69) is 0 Å². The van der Waals surface area contributed by atoms with E-state index in [1.807, 2.05) is 36.4 Å². The molecule has 6 heteroatoms. The highest BCUT2D eigenvalue weighted by Gasteiger charge is 2.44. The van der Waals surface area contributed by atoms with E-state index < -0.39 is 12.1 Å². The minimum atomic E-state index is -0.665. The Morgan fingerprint density at radius 1 is 1.14 bits per heavy atom. The van der Waals surface area contributed by atoms with Crippen LogP contribution in [0.3, 0.4) is 0 Å². The Kier molecular flexibility index (Phi) is 5.89. The van der Waals surface area contributed by atoms with Gasteiger partial charge in [-0.1, -0.05) is 42.5 Å². The van der Waals surface area contributed by atoms with Crippen LogP contribution in [0.15, 0.2) is 60.2 Å². The number of nitrogens with zero attached hydrogens (tertiary/aromatic N) is 1. The topological polar surface area (TPSA) is 77.8 Å². The summed E-state index contributed by atoms with van der Waals surface area (Å²) >= 11 is 0. The Morgan fingerprint density at radius 3 is 2.69 bits per heavy atom. The molecule has 0 saturated carbocycles. The fraction of sp³-hybridized carbons (Fsp3) is 0.304. The lowest BCUT2D eigenvalue weighted by molar-refractivity contribution is -0.148. The Hall–Kier alpha value is -3.14. The van der Waals surface area contributed by atoms with Crippen molar-refractivity contribution >= 4 is 12.0 Å². The van der Waals surface area contributed by atoms with Gasteiger partial charge in [0.1, 0.15) is 30.1 Å². The van der Waals surface area contributed by atoms with Gasteiger partial charge in [-0.15, -0.1) is 0 Å². The summed E-state index contributed by atoms with van der Waals surface area (Å²) in [5, 5.41) is 9.38. The normalized spacial score (nSPS) is 23.3. The monoisotopic (exact) mass is 391 g/mol. The molecule has 2 saturated heterocycles. The molecule has 2 heterocycles. The van der Waals surface area contributed by atoms with Crippen LogP contribution in [0.4, 0.5) is 0 Å². The molecule has 1 unspecified atom stereocenters. The average Bonchev–Trinajstić information content (AvgIpc) is 3.37. The number of rotatable bonds is 6. The summed E-state index contributed by atoms with van der Waals surface area (Å²) in [6, 6.07) is 19.0. The lowest BCUT2D eigenvalue weighted by Gasteiger charge is -2.16. The van der Waals surface area contributed by atoms with Crippen molar-refractivity contribution in [3.05, 3.63) is 71.3 Å². The number of benzene rings is 2. The van der Waals surface area contributed by atoms with Gasteiger partial charge in [0.2, 0.25) is 0 Å². The first kappa shape index (κ1) is 19.2. The minimum absolute atomic E-state index is 0.0225. The molecule has 2 aromatic carbocycles. The second kappa shape index (κ2) is 8.91. The van der Waals surface area contributed by atoms with Crippen LogP contribution >= 0.6 is 0 Å². The van der Waals surface area contributed by atoms with Crippen molar-refractivity contribution in [3.63, 3.8) is 0 Å². The van der Waals surface area contributed by atoms with Crippen LogP contribution < -0.4 is 4.74 Å². The van der Waals surface area contributed by atoms with E-state index >= 15 is 0 Å². The SMILES string of the molecule is N#C/C(=C\c1ccc(OCc2ccccc2)cc1)C(=O)O[C@@H]1COC2CCO[C@@H]21. The summed E-state index contributed by atoms with van der Waals surface area (Å²) in [6.07, 6.45) is 1.58. The first-order chi connectivity index (χ1) is 14.2. The molecule has 4 rings (SSSR count). The molecule has 2 aromatic rings. The van der Waals surface area contributed by atoms with Crippen molar-refractivity contribution in [3.8, 4) is 11.8 Å². The third-order valence-corrected chi connectivity index (χ3v) is 4.96. The Labute approximate surface area is 169 Å². The first-order valence-corrected chi connectivity index (χ1v) is 9.56. The van der Waals surface area contributed by atoms with E-state index in [9.17, 15) is 10.1 Å². The highest BCUT2D eigenvalue weighted by atomic mass is 16.6. The van der Waals surface area contributed by atoms with Crippen LogP contribution in [0.25, 0.3) is 6.08 Å². The third-order valence-electron chi connectivity index (χ3n) is 4.96. The molecule has 148 valence electrons. The molecule has 2 fully saturated rings. The molecule has 0 spiro atoms. The number of nitriles is 1. The second-order valence-electron chi connectivity index (χ2n) is 6.95. The van der Waals surface area contributed by atoms with Gasteiger partial charge in [-0.25, -0.2) is 4.79 Å². The molecule has 0 radical (unpaired) electrons. The van der Waals surface area contributed by atoms with Gasteiger partial charge in [0.25, 0.3) is 0 Å². The smallest absolute Gasteiger partial charge is 0.349 e. The fourth-order valence-electron chi connectivity index (χ4n) is 3.44. The van der Waals surface area contributed by atoms with E-state index in [4.69, 9.17) is 18.9 Å². The maximum Gasteiger partial charge on any atom is 0.349 e. The van der Waals surface area contributed by atoms with Crippen LogP contribution in [-0.2, 0) is 25.6 Å². The summed E-state index contributed by atoms with van der Waals surface area (Å²) in [5.74, 6) is 0.0428. The van der Waals surface area contributed by atoms with Crippen molar-refractivity contribution in [1.29, 1.82) is 5.26 Å². The van der Waals surface area contributed by atoms with Gasteiger partial charge < -0.3 is 18.9 Å². The van der Waals surface area contributed by atoms with E-state index in [0.717, 1.165) is 12.0 Å². The molecule has 29 heavy (non-hydrogen) atoms. The number of hydrogen-bond donors (Lipinski definition) is 0. The van der Waals surface area contributed by atoms with Crippen molar-refractivity contribution in [2.75, 3.05) is 13.2 Å². The maximum atomic E-state index is 12.4. The third kappa shape index (κ3) is 4.65. The predicted molar refractivity (Wildman–Crippen MR) is 105 cm³/mol. The number of ether oxygens (including phenoxy) is 4. The summed E-state index contributed by atoms with van der Waals surface area (Å²) in [7, 11) is 0. The zero-order chi connectivity index (χ0) is 20.1. The number of esters is 1. The lowest BCUT2D eigenvalue weighted by atomic mass is 10.1. The predicted octanol–water partition coefficient (Wildman–Crippen LogP) is 3.27. The molecule has 0 N–H and O–H groups in total. The van der Waals surface area contributed by atoms with Gasteiger partial charge in [-0.3, -0.25) is 0 Å². The van der Waals surface area contributed by atoms with Gasteiger partial charge >= 0.3 is 5.97 Å². The Morgan fingerprint density at radius 2 is 1.93 bits per heavy atom. The molecule has 3 atom stereocenters. The molecule has 6 nitrogen and oxygen atoms in total.